The van der Waals surface area contributed by atoms with Crippen molar-refractivity contribution in [2.24, 2.45) is 0 Å². The van der Waals surface area contributed by atoms with E-state index in [1.807, 2.05) is 0 Å². The van der Waals surface area contributed by atoms with E-state index in [9.17, 15) is 3.32 Å². The summed E-state index contributed by atoms with van der Waals surface area (Å²) in [4.78, 5) is 0. The zero-order chi connectivity index (χ0) is 5.54. The topological polar surface area (TPSA) is 0 Å². The number of hydrogen-bond donors (Lipinski definition) is 0. The molecule has 0 spiro atoms. The van der Waals surface area contributed by atoms with Gasteiger partial charge in [-0.1, -0.05) is 0 Å². The van der Waals surface area contributed by atoms with Gasteiger partial charge < -0.3 is 0 Å². The van der Waals surface area contributed by atoms with Crippen LogP contribution >= 0.6 is 0 Å². The molecule has 0 aliphatic rings. The van der Waals surface area contributed by atoms with E-state index in [2.05, 4.69) is 6.92 Å². The van der Waals surface area contributed by atoms with Crippen LogP contribution in [0.3, 0.4) is 0 Å². The van der Waals surface area contributed by atoms with Crippen LogP contribution in [0.5, 0.6) is 0 Å². The quantitative estimate of drug-likeness (QED) is 0.432. The molecule has 0 aliphatic heterocycles. The molecule has 0 radical (unpaired) electrons. The average molecular weight is 156 g/mol. The summed E-state index contributed by atoms with van der Waals surface area (Å²) in [5, 5.41) is 0.945. The Morgan fingerprint density at radius 3 is 2.57 bits per heavy atom. The Labute approximate surface area is 52.7 Å². The van der Waals surface area contributed by atoms with Crippen LogP contribution < -0.4 is 0 Å². The molecule has 0 saturated heterocycles. The van der Waals surface area contributed by atoms with Gasteiger partial charge in [0.2, 0.25) is 0 Å². The van der Waals surface area contributed by atoms with E-state index in [1.165, 1.54) is 12.8 Å². The molecule has 0 aromatic carbocycles. The SMILES string of the molecule is CCCC[CH2][Zn][F]. The third kappa shape index (κ3) is 6.55. The molecule has 7 heavy (non-hydrogen) atoms. The second-order valence-electron chi connectivity index (χ2n) is 1.75. The van der Waals surface area contributed by atoms with Crippen LogP contribution in [0, 0.1) is 0 Å². The molecule has 0 nitrogen and oxygen atoms in total. The van der Waals surface area contributed by atoms with Gasteiger partial charge >= 0.3 is 52.1 Å². The summed E-state index contributed by atoms with van der Waals surface area (Å²) in [5.41, 5.74) is 0. The first-order valence-electron chi connectivity index (χ1n) is 2.97. The van der Waals surface area contributed by atoms with Crippen LogP contribution in [-0.4, -0.2) is 0 Å². The van der Waals surface area contributed by atoms with Gasteiger partial charge in [-0.05, 0) is 0 Å². The third-order valence-corrected chi connectivity index (χ3v) is 2.60. The van der Waals surface area contributed by atoms with E-state index >= 15 is 0 Å². The van der Waals surface area contributed by atoms with Gasteiger partial charge in [0.15, 0.2) is 0 Å². The summed E-state index contributed by atoms with van der Waals surface area (Å²) in [7, 11) is 0. The Kier molecular flexibility index (Phi) is 7.07. The monoisotopic (exact) mass is 154 g/mol. The van der Waals surface area contributed by atoms with Gasteiger partial charge in [0, 0.05) is 0 Å². The second-order valence-corrected chi connectivity index (χ2v) is 4.03. The van der Waals surface area contributed by atoms with Crippen LogP contribution in [0.1, 0.15) is 26.2 Å². The number of halogens is 1. The maximum absolute atomic E-state index is 11.5. The number of hydrogen-bond acceptors (Lipinski definition) is 0. The Morgan fingerprint density at radius 1 is 1.43 bits per heavy atom. The molecule has 0 heterocycles. The first-order chi connectivity index (χ1) is 3.41. The molecule has 0 saturated carbocycles. The second kappa shape index (κ2) is 6.55. The fourth-order valence-electron chi connectivity index (χ4n) is 0.521. The van der Waals surface area contributed by atoms with Gasteiger partial charge in [-0.25, -0.2) is 0 Å². The zero-order valence-electron chi connectivity index (χ0n) is 4.91. The molecule has 0 bridgehead atoms. The van der Waals surface area contributed by atoms with Crippen molar-refractivity contribution >= 4 is 0 Å². The van der Waals surface area contributed by atoms with Crippen LogP contribution in [-0.2, 0) is 17.6 Å². The fraction of sp³-hybridized carbons (Fsp3) is 1.00. The maximum atomic E-state index is 11.5. The Bertz CT molecular complexity index is 27.3. The van der Waals surface area contributed by atoms with Crippen LogP contribution in [0.4, 0.5) is 3.32 Å². The van der Waals surface area contributed by atoms with Gasteiger partial charge in [0.25, 0.3) is 0 Å². The molecule has 0 fully saturated rings. The molecule has 0 atom stereocenters. The van der Waals surface area contributed by atoms with E-state index < -0.39 is 17.6 Å². The zero-order valence-corrected chi connectivity index (χ0v) is 7.88. The van der Waals surface area contributed by atoms with Crippen molar-refractivity contribution in [3.05, 3.63) is 0 Å². The normalized spacial score (nSPS) is 8.29. The summed E-state index contributed by atoms with van der Waals surface area (Å²) in [6.45, 7) is 2.14. The van der Waals surface area contributed by atoms with Gasteiger partial charge in [0.05, 0.1) is 0 Å². The summed E-state index contributed by atoms with van der Waals surface area (Å²) in [6, 6.07) is 0. The Morgan fingerprint density at radius 2 is 2.14 bits per heavy atom. The standard InChI is InChI=1S/C5H11.FH.Zn/c1-3-5-4-2;;/h1,3-5H2,2H3;1H;/q;;+1/p-1. The van der Waals surface area contributed by atoms with Crippen molar-refractivity contribution in [3.8, 4) is 0 Å². The Hall–Kier alpha value is 0.553. The molecule has 0 N–H and O–H groups in total. The summed E-state index contributed by atoms with van der Waals surface area (Å²) >= 11 is -1.44. The minimum atomic E-state index is -1.44. The molecule has 40 valence electrons. The van der Waals surface area contributed by atoms with Crippen molar-refractivity contribution in [1.29, 1.82) is 0 Å². The molecule has 0 amide bonds. The molecule has 0 rings (SSSR count). The number of unbranched alkanes of at least 4 members (excludes halogenated alkanes) is 2. The van der Waals surface area contributed by atoms with Gasteiger partial charge in [-0.3, -0.25) is 0 Å². The molecular formula is C5H11FZn. The van der Waals surface area contributed by atoms with E-state index in [0.717, 1.165) is 11.4 Å². The van der Waals surface area contributed by atoms with Crippen molar-refractivity contribution < 1.29 is 20.9 Å². The first kappa shape index (κ1) is 7.55. The molecule has 0 aliphatic carbocycles. The molecular weight excluding hydrogens is 144 g/mol. The molecule has 2 heteroatoms. The van der Waals surface area contributed by atoms with Crippen LogP contribution in [0.15, 0.2) is 0 Å². The fourth-order valence-corrected chi connectivity index (χ4v) is 1.66. The predicted octanol–water partition coefficient (Wildman–Crippen LogP) is 2.56. The van der Waals surface area contributed by atoms with Gasteiger partial charge in [0.1, 0.15) is 0 Å². The van der Waals surface area contributed by atoms with Gasteiger partial charge in [-0.15, -0.1) is 0 Å². The number of rotatable bonds is 4. The Balaban J connectivity index is 2.45. The van der Waals surface area contributed by atoms with Crippen molar-refractivity contribution in [2.45, 2.75) is 31.2 Å². The van der Waals surface area contributed by atoms with Crippen molar-refractivity contribution in [2.75, 3.05) is 0 Å². The summed E-state index contributed by atoms with van der Waals surface area (Å²) < 4.78 is 11.5. The van der Waals surface area contributed by atoms with Crippen LogP contribution in [0.2, 0.25) is 5.02 Å². The first-order valence-corrected chi connectivity index (χ1v) is 6.19. The molecule has 0 unspecified atom stereocenters. The molecule has 0 aromatic heterocycles. The van der Waals surface area contributed by atoms with E-state index in [1.54, 1.807) is 0 Å². The third-order valence-electron chi connectivity index (χ3n) is 0.987. The van der Waals surface area contributed by atoms with E-state index in [4.69, 9.17) is 0 Å². The van der Waals surface area contributed by atoms with E-state index in [0.29, 0.717) is 0 Å². The van der Waals surface area contributed by atoms with Gasteiger partial charge in [-0.2, -0.15) is 0 Å². The summed E-state index contributed by atoms with van der Waals surface area (Å²) in [6.07, 6.45) is 3.60. The van der Waals surface area contributed by atoms with Crippen LogP contribution in [0.25, 0.3) is 0 Å². The van der Waals surface area contributed by atoms with Crippen molar-refractivity contribution in [1.82, 2.24) is 0 Å². The molecule has 0 aromatic rings. The minimum absolute atomic E-state index is 0.945. The predicted molar refractivity (Wildman–Crippen MR) is 25.4 cm³/mol. The summed E-state index contributed by atoms with van der Waals surface area (Å²) in [5.74, 6) is 0. The van der Waals surface area contributed by atoms with E-state index in [-0.39, 0.29) is 0 Å². The van der Waals surface area contributed by atoms with Crippen molar-refractivity contribution in [3.63, 3.8) is 0 Å². The average Bonchev–Trinajstić information content (AvgIpc) is 1.69.